The molecule has 1 aromatic heterocycles. The molecule has 2 heterocycles. The van der Waals surface area contributed by atoms with Crippen LogP contribution in [0, 0.1) is 0 Å². The molecule has 0 amide bonds. The van der Waals surface area contributed by atoms with Gasteiger partial charge in [-0.15, -0.1) is 0 Å². The van der Waals surface area contributed by atoms with Gasteiger partial charge in [0, 0.05) is 18.4 Å². The number of esters is 1. The van der Waals surface area contributed by atoms with Crippen LogP contribution in [-0.4, -0.2) is 17.1 Å². The van der Waals surface area contributed by atoms with Crippen molar-refractivity contribution in [3.63, 3.8) is 0 Å². The lowest BCUT2D eigenvalue weighted by atomic mass is 10.1. The maximum Gasteiger partial charge on any atom is 0.334 e. The van der Waals surface area contributed by atoms with Crippen LogP contribution >= 0.6 is 0 Å². The molecule has 4 nitrogen and oxygen atoms in total. The molecule has 1 N–H and O–H groups in total. The quantitative estimate of drug-likeness (QED) is 0.840. The third-order valence-corrected chi connectivity index (χ3v) is 3.34. The molecule has 98 valence electrons. The molecule has 0 saturated carbocycles. The van der Waals surface area contributed by atoms with Crippen LogP contribution < -0.4 is 5.32 Å². The van der Waals surface area contributed by atoms with E-state index >= 15 is 0 Å². The lowest BCUT2D eigenvalue weighted by Crippen LogP contribution is -2.24. The summed E-state index contributed by atoms with van der Waals surface area (Å²) in [7, 11) is 0. The highest BCUT2D eigenvalue weighted by Crippen LogP contribution is 2.29. The summed E-state index contributed by atoms with van der Waals surface area (Å²) >= 11 is 0. The summed E-state index contributed by atoms with van der Waals surface area (Å²) in [4.78, 5) is 12.1. The Morgan fingerprint density at radius 1 is 1.37 bits per heavy atom. The van der Waals surface area contributed by atoms with Crippen LogP contribution in [0.5, 0.6) is 0 Å². The van der Waals surface area contributed by atoms with E-state index in [9.17, 15) is 4.79 Å². The van der Waals surface area contributed by atoms with E-state index in [-0.39, 0.29) is 5.97 Å². The molecular weight excluding hydrogens is 240 g/mol. The van der Waals surface area contributed by atoms with Crippen LogP contribution in [0.3, 0.4) is 0 Å². The van der Waals surface area contributed by atoms with Crippen molar-refractivity contribution in [1.82, 2.24) is 4.57 Å². The Kier molecular flexibility index (Phi) is 2.99. The molecule has 0 spiro atoms. The molecule has 0 bridgehead atoms. The number of anilines is 1. The summed E-state index contributed by atoms with van der Waals surface area (Å²) in [6.07, 6.45) is 1.99. The molecule has 1 atom stereocenters. The van der Waals surface area contributed by atoms with E-state index in [1.54, 1.807) is 0 Å². The van der Waals surface area contributed by atoms with E-state index in [2.05, 4.69) is 16.0 Å². The van der Waals surface area contributed by atoms with Crippen LogP contribution in [0.25, 0.3) is 0 Å². The molecule has 4 heteroatoms. The molecule has 1 aromatic carbocycles. The summed E-state index contributed by atoms with van der Waals surface area (Å²) < 4.78 is 7.25. The Hall–Kier alpha value is -2.23. The highest BCUT2D eigenvalue weighted by Gasteiger charge is 2.27. The van der Waals surface area contributed by atoms with Crippen molar-refractivity contribution in [2.45, 2.75) is 19.5 Å². The largest absolute Gasteiger partial charge is 0.464 e. The number of nitrogens with one attached hydrogen (secondary N) is 1. The molecule has 0 radical (unpaired) electrons. The minimum Gasteiger partial charge on any atom is -0.464 e. The van der Waals surface area contributed by atoms with Gasteiger partial charge in [-0.1, -0.05) is 18.2 Å². The SMILES string of the molecule is CCOC(=O)C1Nc2ccccc2Cn2cccc21. The standard InChI is InChI=1S/C15H16N2O2/c1-2-19-15(18)14-13-8-5-9-17(13)10-11-6-3-4-7-12(11)16-14/h3-9,14,16H,2,10H2,1H3. The second-order valence-corrected chi connectivity index (χ2v) is 4.55. The average Bonchev–Trinajstić information content (AvgIpc) is 2.80. The minimum absolute atomic E-state index is 0.237. The molecule has 0 saturated heterocycles. The fraction of sp³-hybridized carbons (Fsp3) is 0.267. The Morgan fingerprint density at radius 3 is 3.05 bits per heavy atom. The Balaban J connectivity index is 2.04. The van der Waals surface area contributed by atoms with Crippen molar-refractivity contribution in [2.75, 3.05) is 11.9 Å². The number of fused-ring (bicyclic) bond motifs is 2. The second kappa shape index (κ2) is 4.80. The number of nitrogens with zero attached hydrogens (tertiary/aromatic N) is 1. The number of ether oxygens (including phenoxy) is 1. The number of hydrogen-bond acceptors (Lipinski definition) is 3. The number of benzene rings is 1. The zero-order chi connectivity index (χ0) is 13.2. The first-order valence-electron chi connectivity index (χ1n) is 6.45. The smallest absolute Gasteiger partial charge is 0.334 e. The molecule has 0 fully saturated rings. The topological polar surface area (TPSA) is 43.3 Å². The molecular formula is C15H16N2O2. The third kappa shape index (κ3) is 2.10. The zero-order valence-electron chi connectivity index (χ0n) is 10.8. The maximum absolute atomic E-state index is 12.1. The van der Waals surface area contributed by atoms with Crippen molar-refractivity contribution in [1.29, 1.82) is 0 Å². The molecule has 1 aliphatic heterocycles. The van der Waals surface area contributed by atoms with Crippen LogP contribution in [0.4, 0.5) is 5.69 Å². The van der Waals surface area contributed by atoms with Crippen molar-refractivity contribution < 1.29 is 9.53 Å². The van der Waals surface area contributed by atoms with Crippen molar-refractivity contribution in [3.8, 4) is 0 Å². The van der Waals surface area contributed by atoms with Gasteiger partial charge in [-0.3, -0.25) is 0 Å². The van der Waals surface area contributed by atoms with Gasteiger partial charge in [0.2, 0.25) is 0 Å². The summed E-state index contributed by atoms with van der Waals surface area (Å²) in [5.74, 6) is -0.237. The average molecular weight is 256 g/mol. The second-order valence-electron chi connectivity index (χ2n) is 4.55. The Labute approximate surface area is 112 Å². The maximum atomic E-state index is 12.1. The monoisotopic (exact) mass is 256 g/mol. The van der Waals surface area contributed by atoms with E-state index in [0.717, 1.165) is 17.9 Å². The van der Waals surface area contributed by atoms with Crippen molar-refractivity contribution >= 4 is 11.7 Å². The highest BCUT2D eigenvalue weighted by molar-refractivity contribution is 5.81. The van der Waals surface area contributed by atoms with Gasteiger partial charge in [-0.25, -0.2) is 4.79 Å². The van der Waals surface area contributed by atoms with Crippen LogP contribution in [0.1, 0.15) is 24.2 Å². The number of hydrogen-bond donors (Lipinski definition) is 1. The normalized spacial score (nSPS) is 16.8. The minimum atomic E-state index is -0.446. The molecule has 1 aliphatic rings. The summed E-state index contributed by atoms with van der Waals surface area (Å²) in [6, 6.07) is 11.5. The predicted molar refractivity (Wildman–Crippen MR) is 73.0 cm³/mol. The van der Waals surface area contributed by atoms with Gasteiger partial charge in [0.15, 0.2) is 6.04 Å². The van der Waals surface area contributed by atoms with Gasteiger partial charge in [0.05, 0.1) is 12.3 Å². The predicted octanol–water partition coefficient (Wildman–Crippen LogP) is 2.57. The van der Waals surface area contributed by atoms with E-state index in [0.29, 0.717) is 6.61 Å². The fourth-order valence-corrected chi connectivity index (χ4v) is 2.45. The molecule has 19 heavy (non-hydrogen) atoms. The van der Waals surface area contributed by atoms with Gasteiger partial charge in [-0.05, 0) is 30.7 Å². The number of para-hydroxylation sites is 1. The van der Waals surface area contributed by atoms with Crippen LogP contribution in [0.2, 0.25) is 0 Å². The fourth-order valence-electron chi connectivity index (χ4n) is 2.45. The van der Waals surface area contributed by atoms with Crippen LogP contribution in [-0.2, 0) is 16.1 Å². The number of carbonyl (C=O) groups excluding carboxylic acids is 1. The van der Waals surface area contributed by atoms with E-state index < -0.39 is 6.04 Å². The first-order valence-corrected chi connectivity index (χ1v) is 6.45. The van der Waals surface area contributed by atoms with Gasteiger partial charge < -0.3 is 14.6 Å². The number of aromatic nitrogens is 1. The molecule has 0 aliphatic carbocycles. The molecule has 3 rings (SSSR count). The Bertz CT molecular complexity index is 604. The third-order valence-electron chi connectivity index (χ3n) is 3.34. The van der Waals surface area contributed by atoms with Crippen molar-refractivity contribution in [2.24, 2.45) is 0 Å². The first-order chi connectivity index (χ1) is 9.29. The van der Waals surface area contributed by atoms with Crippen LogP contribution in [0.15, 0.2) is 42.6 Å². The number of carbonyl (C=O) groups is 1. The zero-order valence-corrected chi connectivity index (χ0v) is 10.8. The van der Waals surface area contributed by atoms with Crippen molar-refractivity contribution in [3.05, 3.63) is 53.9 Å². The van der Waals surface area contributed by atoms with E-state index in [1.807, 2.05) is 43.5 Å². The Morgan fingerprint density at radius 2 is 2.21 bits per heavy atom. The van der Waals surface area contributed by atoms with Gasteiger partial charge in [-0.2, -0.15) is 0 Å². The number of rotatable bonds is 2. The van der Waals surface area contributed by atoms with Gasteiger partial charge in [0.25, 0.3) is 0 Å². The van der Waals surface area contributed by atoms with Gasteiger partial charge in [0.1, 0.15) is 0 Å². The van der Waals surface area contributed by atoms with Gasteiger partial charge >= 0.3 is 5.97 Å². The van der Waals surface area contributed by atoms with E-state index in [1.165, 1.54) is 5.56 Å². The highest BCUT2D eigenvalue weighted by atomic mass is 16.5. The molecule has 1 unspecified atom stereocenters. The summed E-state index contributed by atoms with van der Waals surface area (Å²) in [6.45, 7) is 2.97. The molecule has 2 aromatic rings. The lowest BCUT2D eigenvalue weighted by Gasteiger charge is -2.17. The lowest BCUT2D eigenvalue weighted by molar-refractivity contribution is -0.144. The summed E-state index contributed by atoms with van der Waals surface area (Å²) in [5, 5.41) is 3.29. The van der Waals surface area contributed by atoms with E-state index in [4.69, 9.17) is 4.74 Å². The summed E-state index contributed by atoms with van der Waals surface area (Å²) in [5.41, 5.74) is 3.10. The first kappa shape index (κ1) is 11.8.